The van der Waals surface area contributed by atoms with E-state index in [0.717, 1.165) is 16.5 Å². The lowest BCUT2D eigenvalue weighted by Gasteiger charge is -2.07. The van der Waals surface area contributed by atoms with E-state index in [9.17, 15) is 9.00 Å². The van der Waals surface area contributed by atoms with Crippen LogP contribution in [0.4, 0.5) is 0 Å². The highest BCUT2D eigenvalue weighted by atomic mass is 32.2. The predicted octanol–water partition coefficient (Wildman–Crippen LogP) is 3.28. The molecule has 1 aromatic carbocycles. The Balaban J connectivity index is 2.53. The first kappa shape index (κ1) is 15.8. The van der Waals surface area contributed by atoms with E-state index in [2.05, 4.69) is 0 Å². The normalized spacial score (nSPS) is 12.9. The van der Waals surface area contributed by atoms with Crippen LogP contribution >= 0.6 is 0 Å². The Bertz CT molecular complexity index is 713. The van der Waals surface area contributed by atoms with Gasteiger partial charge in [-0.05, 0) is 44.9 Å². The van der Waals surface area contributed by atoms with Crippen LogP contribution in [0.15, 0.2) is 21.4 Å². The number of carbonyl (C=O) groups excluding carboxylic acids is 1. The maximum atomic E-state index is 12.1. The molecule has 2 aromatic rings. The van der Waals surface area contributed by atoms with Crippen molar-refractivity contribution in [2.75, 3.05) is 6.26 Å². The van der Waals surface area contributed by atoms with Gasteiger partial charge in [-0.25, -0.2) is 0 Å². The fraction of sp³-hybridized carbons (Fsp3) is 0.438. The van der Waals surface area contributed by atoms with Crippen LogP contribution in [0.1, 0.15) is 30.7 Å². The molecule has 2 rings (SSSR count). The van der Waals surface area contributed by atoms with Crippen LogP contribution in [-0.4, -0.2) is 22.5 Å². The molecule has 0 spiro atoms. The van der Waals surface area contributed by atoms with Gasteiger partial charge in [0.25, 0.3) is 0 Å². The van der Waals surface area contributed by atoms with Gasteiger partial charge >= 0.3 is 5.97 Å². The van der Waals surface area contributed by atoms with Gasteiger partial charge in [-0.15, -0.1) is 0 Å². The van der Waals surface area contributed by atoms with Crippen molar-refractivity contribution in [1.82, 2.24) is 0 Å². The van der Waals surface area contributed by atoms with Crippen molar-refractivity contribution in [2.24, 2.45) is 0 Å². The monoisotopic (exact) mass is 308 g/mol. The third-order valence-electron chi connectivity index (χ3n) is 3.12. The smallest absolute Gasteiger partial charge is 0.313 e. The van der Waals surface area contributed by atoms with Crippen molar-refractivity contribution in [2.45, 2.75) is 45.1 Å². The molecule has 1 atom stereocenters. The highest BCUT2D eigenvalue weighted by Gasteiger charge is 2.22. The summed E-state index contributed by atoms with van der Waals surface area (Å²) in [5.74, 6) is 0.0651. The van der Waals surface area contributed by atoms with Crippen LogP contribution < -0.4 is 0 Å². The molecule has 0 saturated carbocycles. The summed E-state index contributed by atoms with van der Waals surface area (Å²) in [5.41, 5.74) is 2.74. The summed E-state index contributed by atoms with van der Waals surface area (Å²) in [5, 5.41) is 0.841. The number of fused-ring (bicyclic) bond motifs is 1. The van der Waals surface area contributed by atoms with Gasteiger partial charge < -0.3 is 9.15 Å². The van der Waals surface area contributed by atoms with Gasteiger partial charge in [0.1, 0.15) is 17.8 Å². The summed E-state index contributed by atoms with van der Waals surface area (Å²) in [7, 11) is -1.23. The standard InChI is InChI=1S/C16H20O4S/c1-9(2)19-14(17)8-13-16(21(5)18)15-11(4)6-10(3)7-12(15)20-13/h6-7,9H,8H2,1-5H3. The van der Waals surface area contributed by atoms with Crippen molar-refractivity contribution in [3.8, 4) is 0 Å². The van der Waals surface area contributed by atoms with Crippen LogP contribution in [0.25, 0.3) is 11.0 Å². The van der Waals surface area contributed by atoms with Crippen molar-refractivity contribution in [3.05, 3.63) is 29.0 Å². The maximum Gasteiger partial charge on any atom is 0.313 e. The summed E-state index contributed by atoms with van der Waals surface area (Å²) in [6.45, 7) is 7.52. The van der Waals surface area contributed by atoms with E-state index in [1.54, 1.807) is 20.1 Å². The van der Waals surface area contributed by atoms with Crippen LogP contribution in [0.2, 0.25) is 0 Å². The topological polar surface area (TPSA) is 56.5 Å². The number of furan rings is 1. The van der Waals surface area contributed by atoms with Crippen molar-refractivity contribution in [3.63, 3.8) is 0 Å². The van der Waals surface area contributed by atoms with Crippen LogP contribution in [-0.2, 0) is 26.8 Å². The summed E-state index contributed by atoms with van der Waals surface area (Å²) < 4.78 is 23.0. The Hall–Kier alpha value is -1.62. The fourth-order valence-electron chi connectivity index (χ4n) is 2.47. The Morgan fingerprint density at radius 3 is 2.57 bits per heavy atom. The van der Waals surface area contributed by atoms with Crippen molar-refractivity contribution >= 4 is 27.7 Å². The molecule has 5 heteroatoms. The molecule has 1 heterocycles. The molecule has 0 aliphatic rings. The Kier molecular flexibility index (Phi) is 4.52. The number of esters is 1. The zero-order chi connectivity index (χ0) is 15.7. The van der Waals surface area contributed by atoms with E-state index in [4.69, 9.17) is 9.15 Å². The molecule has 114 valence electrons. The first-order valence-corrected chi connectivity index (χ1v) is 8.41. The van der Waals surface area contributed by atoms with Crippen LogP contribution in [0.5, 0.6) is 0 Å². The lowest BCUT2D eigenvalue weighted by atomic mass is 10.1. The predicted molar refractivity (Wildman–Crippen MR) is 83.0 cm³/mol. The molecule has 0 amide bonds. The van der Waals surface area contributed by atoms with Gasteiger partial charge in [-0.3, -0.25) is 9.00 Å². The molecule has 0 saturated heterocycles. The Labute approximate surface area is 126 Å². The molecule has 0 radical (unpaired) electrons. The highest BCUT2D eigenvalue weighted by molar-refractivity contribution is 7.84. The second-order valence-corrected chi connectivity index (χ2v) is 6.80. The molecule has 0 fully saturated rings. The number of aryl methyl sites for hydroxylation is 2. The number of ether oxygens (including phenoxy) is 1. The first-order chi connectivity index (χ1) is 9.79. The first-order valence-electron chi connectivity index (χ1n) is 6.85. The maximum absolute atomic E-state index is 12.1. The van der Waals surface area contributed by atoms with E-state index >= 15 is 0 Å². The summed E-state index contributed by atoms with van der Waals surface area (Å²) in [6, 6.07) is 3.92. The molecule has 0 bridgehead atoms. The van der Waals surface area contributed by atoms with E-state index in [1.165, 1.54) is 0 Å². The number of rotatable bonds is 4. The molecule has 21 heavy (non-hydrogen) atoms. The summed E-state index contributed by atoms with van der Waals surface area (Å²) in [4.78, 5) is 12.4. The number of benzene rings is 1. The molecule has 4 nitrogen and oxygen atoms in total. The van der Waals surface area contributed by atoms with E-state index in [0.29, 0.717) is 16.2 Å². The minimum atomic E-state index is -1.23. The molecule has 0 aliphatic heterocycles. The second-order valence-electron chi connectivity index (χ2n) is 5.48. The second kappa shape index (κ2) is 6.02. The number of carbonyl (C=O) groups is 1. The van der Waals surface area contributed by atoms with Gasteiger partial charge in [0.15, 0.2) is 0 Å². The average Bonchev–Trinajstić information content (AvgIpc) is 2.65. The van der Waals surface area contributed by atoms with Crippen molar-refractivity contribution in [1.29, 1.82) is 0 Å². The number of hydrogen-bond donors (Lipinski definition) is 0. The fourth-order valence-corrected chi connectivity index (χ4v) is 3.46. The van der Waals surface area contributed by atoms with Crippen LogP contribution in [0.3, 0.4) is 0 Å². The van der Waals surface area contributed by atoms with E-state index in [-0.39, 0.29) is 18.5 Å². The van der Waals surface area contributed by atoms with Gasteiger partial charge in [-0.2, -0.15) is 0 Å². The minimum absolute atomic E-state index is 0.000259. The van der Waals surface area contributed by atoms with Gasteiger partial charge in [0.2, 0.25) is 0 Å². The quantitative estimate of drug-likeness (QED) is 0.813. The number of hydrogen-bond acceptors (Lipinski definition) is 4. The van der Waals surface area contributed by atoms with Crippen molar-refractivity contribution < 1.29 is 18.2 Å². The molecular weight excluding hydrogens is 288 g/mol. The molecule has 1 aromatic heterocycles. The Morgan fingerprint density at radius 2 is 2.00 bits per heavy atom. The SMILES string of the molecule is Cc1cc(C)c2c(S(C)=O)c(CC(=O)OC(C)C)oc2c1. The zero-order valence-electron chi connectivity index (χ0n) is 13.0. The van der Waals surface area contributed by atoms with Gasteiger partial charge in [0, 0.05) is 11.6 Å². The molecular formula is C16H20O4S. The lowest BCUT2D eigenvalue weighted by Crippen LogP contribution is -2.14. The van der Waals surface area contributed by atoms with Gasteiger partial charge in [-0.1, -0.05) is 6.07 Å². The largest absolute Gasteiger partial charge is 0.463 e. The van der Waals surface area contributed by atoms with E-state index in [1.807, 2.05) is 26.0 Å². The third kappa shape index (κ3) is 3.35. The third-order valence-corrected chi connectivity index (χ3v) is 4.12. The molecule has 1 unspecified atom stereocenters. The lowest BCUT2D eigenvalue weighted by molar-refractivity contribution is -0.146. The Morgan fingerprint density at radius 1 is 1.33 bits per heavy atom. The minimum Gasteiger partial charge on any atom is -0.463 e. The zero-order valence-corrected chi connectivity index (χ0v) is 13.8. The molecule has 0 aliphatic carbocycles. The van der Waals surface area contributed by atoms with E-state index < -0.39 is 10.8 Å². The average molecular weight is 308 g/mol. The molecule has 0 N–H and O–H groups in total. The summed E-state index contributed by atoms with van der Waals surface area (Å²) >= 11 is 0. The summed E-state index contributed by atoms with van der Waals surface area (Å²) in [6.07, 6.45) is 1.42. The van der Waals surface area contributed by atoms with Gasteiger partial charge in [0.05, 0.1) is 21.8 Å². The van der Waals surface area contributed by atoms with Crippen LogP contribution in [0, 0.1) is 13.8 Å². The highest BCUT2D eigenvalue weighted by Crippen LogP contribution is 2.32.